The van der Waals surface area contributed by atoms with E-state index in [-0.39, 0.29) is 5.91 Å². The fourth-order valence-corrected chi connectivity index (χ4v) is 3.49. The summed E-state index contributed by atoms with van der Waals surface area (Å²) in [5.41, 5.74) is 4.86. The first-order valence-electron chi connectivity index (χ1n) is 6.32. The molecule has 0 bridgehead atoms. The molecule has 1 amide bonds. The lowest BCUT2D eigenvalue weighted by Crippen LogP contribution is -2.10. The van der Waals surface area contributed by atoms with Gasteiger partial charge < -0.3 is 5.32 Å². The Morgan fingerprint density at radius 1 is 1.44 bits per heavy atom. The van der Waals surface area contributed by atoms with E-state index < -0.39 is 0 Å². The van der Waals surface area contributed by atoms with Gasteiger partial charge in [-0.25, -0.2) is 0 Å². The molecule has 0 aliphatic heterocycles. The first-order valence-corrected chi connectivity index (χ1v) is 7.11. The van der Waals surface area contributed by atoms with Crippen LogP contribution in [0.3, 0.4) is 0 Å². The molecule has 1 aliphatic rings. The smallest absolute Gasteiger partial charge is 0.247 e. The summed E-state index contributed by atoms with van der Waals surface area (Å²) in [6.45, 7) is 7.84. The van der Waals surface area contributed by atoms with Crippen LogP contribution in [0.4, 0.5) is 5.69 Å². The fourth-order valence-electron chi connectivity index (χ4n) is 2.48. The standard InChI is InChI=1S/C15H18BrNO/c1-4-14(18)17-13-8-12(9(2)3)15(16)11-7-5-6-10(11)13/h4,8-9H,1,5-7H2,2-3H3,(H,17,18). The predicted octanol–water partition coefficient (Wildman–Crippen LogP) is 4.19. The molecule has 96 valence electrons. The van der Waals surface area contributed by atoms with Crippen molar-refractivity contribution in [2.24, 2.45) is 0 Å². The van der Waals surface area contributed by atoms with Gasteiger partial charge in [0.05, 0.1) is 0 Å². The molecule has 18 heavy (non-hydrogen) atoms. The summed E-state index contributed by atoms with van der Waals surface area (Å²) in [7, 11) is 0. The van der Waals surface area contributed by atoms with E-state index in [1.54, 1.807) is 0 Å². The second kappa shape index (κ2) is 5.27. The van der Waals surface area contributed by atoms with Gasteiger partial charge >= 0.3 is 0 Å². The monoisotopic (exact) mass is 307 g/mol. The molecule has 1 aliphatic carbocycles. The van der Waals surface area contributed by atoms with Gasteiger partial charge in [-0.15, -0.1) is 0 Å². The van der Waals surface area contributed by atoms with Crippen molar-refractivity contribution in [2.45, 2.75) is 39.0 Å². The molecule has 0 spiro atoms. The molecule has 2 nitrogen and oxygen atoms in total. The fraction of sp³-hybridized carbons (Fsp3) is 0.400. The van der Waals surface area contributed by atoms with Crippen molar-refractivity contribution in [2.75, 3.05) is 5.32 Å². The van der Waals surface area contributed by atoms with Gasteiger partial charge in [0.1, 0.15) is 0 Å². The van der Waals surface area contributed by atoms with Crippen molar-refractivity contribution in [3.63, 3.8) is 0 Å². The van der Waals surface area contributed by atoms with E-state index in [1.807, 2.05) is 0 Å². The summed E-state index contributed by atoms with van der Waals surface area (Å²) in [5.74, 6) is 0.297. The number of carbonyl (C=O) groups excluding carboxylic acids is 1. The van der Waals surface area contributed by atoms with Crippen LogP contribution in [-0.2, 0) is 17.6 Å². The molecule has 0 radical (unpaired) electrons. The number of rotatable bonds is 3. The molecule has 0 heterocycles. The Balaban J connectivity index is 2.52. The Labute approximate surface area is 117 Å². The van der Waals surface area contributed by atoms with Crippen molar-refractivity contribution < 1.29 is 4.79 Å². The number of nitrogens with one attached hydrogen (secondary N) is 1. The summed E-state index contributed by atoms with van der Waals surface area (Å²) in [4.78, 5) is 11.5. The summed E-state index contributed by atoms with van der Waals surface area (Å²) >= 11 is 3.72. The van der Waals surface area contributed by atoms with Crippen LogP contribution in [-0.4, -0.2) is 5.91 Å². The third-order valence-corrected chi connectivity index (χ3v) is 4.36. The lowest BCUT2D eigenvalue weighted by molar-refractivity contribution is -0.111. The molecule has 0 saturated heterocycles. The summed E-state index contributed by atoms with van der Waals surface area (Å²) < 4.78 is 1.22. The van der Waals surface area contributed by atoms with Crippen LogP contribution in [0.2, 0.25) is 0 Å². The summed E-state index contributed by atoms with van der Waals surface area (Å²) in [5, 5.41) is 2.94. The maximum Gasteiger partial charge on any atom is 0.247 e. The molecule has 0 atom stereocenters. The number of carbonyl (C=O) groups is 1. The van der Waals surface area contributed by atoms with E-state index in [0.29, 0.717) is 5.92 Å². The van der Waals surface area contributed by atoms with E-state index in [4.69, 9.17) is 0 Å². The van der Waals surface area contributed by atoms with Crippen LogP contribution in [0.25, 0.3) is 0 Å². The molecular formula is C15H18BrNO. The predicted molar refractivity (Wildman–Crippen MR) is 79.1 cm³/mol. The second-order valence-corrected chi connectivity index (χ2v) is 5.78. The number of anilines is 1. The second-order valence-electron chi connectivity index (χ2n) is 4.99. The van der Waals surface area contributed by atoms with Crippen LogP contribution in [0.5, 0.6) is 0 Å². The van der Waals surface area contributed by atoms with Gasteiger partial charge in [0.15, 0.2) is 0 Å². The topological polar surface area (TPSA) is 29.1 Å². The molecule has 2 rings (SSSR count). The summed E-state index contributed by atoms with van der Waals surface area (Å²) in [6.07, 6.45) is 4.61. The Bertz CT molecular complexity index is 506. The third kappa shape index (κ3) is 2.37. The first kappa shape index (κ1) is 13.3. The maximum atomic E-state index is 11.5. The minimum atomic E-state index is -0.138. The quantitative estimate of drug-likeness (QED) is 0.834. The normalized spacial score (nSPS) is 13.6. The Morgan fingerprint density at radius 2 is 2.11 bits per heavy atom. The highest BCUT2D eigenvalue weighted by atomic mass is 79.9. The Hall–Kier alpha value is -1.09. The zero-order valence-corrected chi connectivity index (χ0v) is 12.4. The van der Waals surface area contributed by atoms with Crippen LogP contribution >= 0.6 is 15.9 Å². The number of benzene rings is 1. The van der Waals surface area contributed by atoms with Crippen molar-refractivity contribution >= 4 is 27.5 Å². The van der Waals surface area contributed by atoms with Crippen LogP contribution in [0, 0.1) is 0 Å². The minimum absolute atomic E-state index is 0.138. The first-order chi connectivity index (χ1) is 8.54. The molecule has 0 fully saturated rings. The molecule has 0 unspecified atom stereocenters. The lowest BCUT2D eigenvalue weighted by atomic mass is 9.96. The van der Waals surface area contributed by atoms with Crippen molar-refractivity contribution in [1.82, 2.24) is 0 Å². The highest BCUT2D eigenvalue weighted by molar-refractivity contribution is 9.10. The van der Waals surface area contributed by atoms with Gasteiger partial charge in [-0.1, -0.05) is 36.4 Å². The van der Waals surface area contributed by atoms with E-state index in [9.17, 15) is 4.79 Å². The van der Waals surface area contributed by atoms with Gasteiger partial charge in [-0.05, 0) is 54.0 Å². The molecule has 1 aromatic rings. The Kier molecular flexibility index (Phi) is 3.91. The third-order valence-electron chi connectivity index (χ3n) is 3.43. The molecule has 0 aromatic heterocycles. The highest BCUT2D eigenvalue weighted by Gasteiger charge is 2.22. The van der Waals surface area contributed by atoms with Crippen molar-refractivity contribution in [1.29, 1.82) is 0 Å². The molecular weight excluding hydrogens is 290 g/mol. The number of halogens is 1. The lowest BCUT2D eigenvalue weighted by Gasteiger charge is -2.17. The van der Waals surface area contributed by atoms with Gasteiger partial charge in [0.25, 0.3) is 0 Å². The minimum Gasteiger partial charge on any atom is -0.322 e. The number of fused-ring (bicyclic) bond motifs is 1. The number of hydrogen-bond donors (Lipinski definition) is 1. The van der Waals surface area contributed by atoms with E-state index in [1.165, 1.54) is 27.2 Å². The molecule has 0 saturated carbocycles. The highest BCUT2D eigenvalue weighted by Crippen LogP contribution is 2.39. The van der Waals surface area contributed by atoms with Gasteiger partial charge in [-0.2, -0.15) is 0 Å². The molecule has 3 heteroatoms. The van der Waals surface area contributed by atoms with Gasteiger partial charge in [-0.3, -0.25) is 4.79 Å². The van der Waals surface area contributed by atoms with Gasteiger partial charge in [0, 0.05) is 10.2 Å². The maximum absolute atomic E-state index is 11.5. The van der Waals surface area contributed by atoms with E-state index in [0.717, 1.165) is 24.9 Å². The van der Waals surface area contributed by atoms with Crippen LogP contribution in [0.1, 0.15) is 42.9 Å². The van der Waals surface area contributed by atoms with Crippen LogP contribution in [0.15, 0.2) is 23.2 Å². The van der Waals surface area contributed by atoms with E-state index in [2.05, 4.69) is 47.7 Å². The average Bonchev–Trinajstić information content (AvgIpc) is 2.81. The van der Waals surface area contributed by atoms with Crippen LogP contribution < -0.4 is 5.32 Å². The van der Waals surface area contributed by atoms with Gasteiger partial charge in [0.2, 0.25) is 5.91 Å². The molecule has 1 aromatic carbocycles. The summed E-state index contributed by atoms with van der Waals surface area (Å²) in [6, 6.07) is 2.10. The average molecular weight is 308 g/mol. The van der Waals surface area contributed by atoms with Crippen molar-refractivity contribution in [3.8, 4) is 0 Å². The zero-order valence-electron chi connectivity index (χ0n) is 10.8. The Morgan fingerprint density at radius 3 is 2.72 bits per heavy atom. The largest absolute Gasteiger partial charge is 0.322 e. The zero-order chi connectivity index (χ0) is 13.3. The van der Waals surface area contributed by atoms with E-state index >= 15 is 0 Å². The number of hydrogen-bond acceptors (Lipinski definition) is 1. The SMILES string of the molecule is C=CC(=O)Nc1cc(C(C)C)c(Br)c2c1CCC2. The molecule has 1 N–H and O–H groups in total. The number of amides is 1. The van der Waals surface area contributed by atoms with Crippen molar-refractivity contribution in [3.05, 3.63) is 39.9 Å².